The molecule has 2 amide bonds. The van der Waals surface area contributed by atoms with Gasteiger partial charge in [-0.1, -0.05) is 59.6 Å². The Kier molecular flexibility index (Phi) is 10.1. The number of hydrogen-bond donors (Lipinski definition) is 1. The van der Waals surface area contributed by atoms with Crippen molar-refractivity contribution in [1.82, 2.24) is 10.2 Å². The number of amides is 2. The van der Waals surface area contributed by atoms with E-state index >= 15 is 0 Å². The average molecular weight is 616 g/mol. The van der Waals surface area contributed by atoms with Gasteiger partial charge in [0.2, 0.25) is 11.8 Å². The van der Waals surface area contributed by atoms with E-state index in [-0.39, 0.29) is 23.0 Å². The maximum absolute atomic E-state index is 13.8. The van der Waals surface area contributed by atoms with E-state index in [0.29, 0.717) is 27.0 Å². The maximum Gasteiger partial charge on any atom is 0.416 e. The summed E-state index contributed by atoms with van der Waals surface area (Å²) in [5, 5.41) is 2.59. The summed E-state index contributed by atoms with van der Waals surface area (Å²) in [7, 11) is -4.60. The van der Waals surface area contributed by atoms with Crippen LogP contribution in [0.1, 0.15) is 25.0 Å². The van der Waals surface area contributed by atoms with Crippen LogP contribution in [0.2, 0.25) is 10.0 Å². The number of likely N-dealkylation sites (N-methyl/N-ethyl adjacent to an activating group) is 1. The van der Waals surface area contributed by atoms with Crippen LogP contribution in [-0.4, -0.2) is 44.3 Å². The second kappa shape index (κ2) is 12.9. The lowest BCUT2D eigenvalue weighted by Gasteiger charge is -2.32. The number of nitrogens with one attached hydrogen (secondary N) is 1. The average Bonchev–Trinajstić information content (AvgIpc) is 2.91. The van der Waals surface area contributed by atoms with Gasteiger partial charge in [-0.05, 0) is 55.8 Å². The quantitative estimate of drug-likeness (QED) is 0.314. The number of nitrogens with zero attached hydrogens (tertiary/aromatic N) is 2. The Hall–Kier alpha value is -3.28. The summed E-state index contributed by atoms with van der Waals surface area (Å²) in [5.74, 6) is -1.39. The minimum absolute atomic E-state index is 0.174. The Morgan fingerprint density at radius 2 is 1.57 bits per heavy atom. The highest BCUT2D eigenvalue weighted by molar-refractivity contribution is 7.92. The predicted octanol–water partition coefficient (Wildman–Crippen LogP) is 5.76. The summed E-state index contributed by atoms with van der Waals surface area (Å²) in [5.41, 5.74) is -1.23. The number of benzene rings is 3. The van der Waals surface area contributed by atoms with Crippen LogP contribution in [-0.2, 0) is 32.3 Å². The normalized spacial score (nSPS) is 12.5. The van der Waals surface area contributed by atoms with E-state index in [2.05, 4.69) is 5.32 Å². The molecule has 0 saturated heterocycles. The summed E-state index contributed by atoms with van der Waals surface area (Å²) in [4.78, 5) is 27.4. The number of carbonyl (C=O) groups excluding carboxylic acids is 2. The molecule has 1 N–H and O–H groups in total. The molecule has 0 fully saturated rings. The van der Waals surface area contributed by atoms with Gasteiger partial charge in [-0.2, -0.15) is 13.2 Å². The van der Waals surface area contributed by atoms with Crippen molar-refractivity contribution in [3.05, 3.63) is 94.0 Å². The van der Waals surface area contributed by atoms with E-state index in [1.807, 2.05) is 0 Å². The Morgan fingerprint density at radius 1 is 0.950 bits per heavy atom. The standard InChI is InChI=1S/C27H26Cl2F3N3O4S/c1-3-33-26(37)18(2)34(16-19-9-7-8-12-22(19)28)25(36)17-35(40(38,39)21-10-5-4-6-11-21)24-15-20(27(30,31)32)13-14-23(24)29/h4-15,18H,3,16-17H2,1-2H3,(H,33,37)/t18-/m1/s1. The molecule has 0 aliphatic heterocycles. The predicted molar refractivity (Wildman–Crippen MR) is 148 cm³/mol. The van der Waals surface area contributed by atoms with E-state index in [9.17, 15) is 31.2 Å². The molecule has 7 nitrogen and oxygen atoms in total. The highest BCUT2D eigenvalue weighted by Gasteiger charge is 2.36. The molecule has 0 unspecified atom stereocenters. The summed E-state index contributed by atoms with van der Waals surface area (Å²) < 4.78 is 68.7. The highest BCUT2D eigenvalue weighted by Crippen LogP contribution is 2.37. The Labute approximate surface area is 240 Å². The molecule has 40 heavy (non-hydrogen) atoms. The number of hydrogen-bond acceptors (Lipinski definition) is 4. The molecule has 1 atom stereocenters. The van der Waals surface area contributed by atoms with Gasteiger partial charge in [0.25, 0.3) is 10.0 Å². The molecule has 0 spiro atoms. The lowest BCUT2D eigenvalue weighted by atomic mass is 10.1. The zero-order valence-electron chi connectivity index (χ0n) is 21.5. The SMILES string of the molecule is CCNC(=O)[C@@H](C)N(Cc1ccccc1Cl)C(=O)CN(c1cc(C(F)(F)F)ccc1Cl)S(=O)(=O)c1ccccc1. The molecule has 3 rings (SSSR count). The van der Waals surface area contributed by atoms with Gasteiger partial charge in [0.15, 0.2) is 0 Å². The molecule has 0 aliphatic carbocycles. The van der Waals surface area contributed by atoms with E-state index in [4.69, 9.17) is 23.2 Å². The Bertz CT molecular complexity index is 1470. The number of alkyl halides is 3. The monoisotopic (exact) mass is 615 g/mol. The number of carbonyl (C=O) groups is 2. The molecule has 0 bridgehead atoms. The molecule has 0 aromatic heterocycles. The van der Waals surface area contributed by atoms with Crippen LogP contribution >= 0.6 is 23.2 Å². The molecule has 13 heteroatoms. The maximum atomic E-state index is 13.8. The first-order valence-electron chi connectivity index (χ1n) is 12.0. The lowest BCUT2D eigenvalue weighted by Crippen LogP contribution is -2.51. The molecule has 3 aromatic carbocycles. The van der Waals surface area contributed by atoms with Crippen LogP contribution in [0.25, 0.3) is 0 Å². The Balaban J connectivity index is 2.14. The molecule has 0 aliphatic rings. The topological polar surface area (TPSA) is 86.8 Å². The van der Waals surface area contributed by atoms with Crippen molar-refractivity contribution in [1.29, 1.82) is 0 Å². The van der Waals surface area contributed by atoms with E-state index < -0.39 is 51.9 Å². The second-order valence-corrected chi connectivity index (χ2v) is 11.3. The van der Waals surface area contributed by atoms with Crippen molar-refractivity contribution < 1.29 is 31.2 Å². The fourth-order valence-electron chi connectivity index (χ4n) is 3.83. The van der Waals surface area contributed by atoms with Crippen LogP contribution in [0.4, 0.5) is 18.9 Å². The molecular weight excluding hydrogens is 590 g/mol. The summed E-state index contributed by atoms with van der Waals surface area (Å²) in [6, 6.07) is 14.6. The van der Waals surface area contributed by atoms with Gasteiger partial charge >= 0.3 is 6.18 Å². The molecule has 0 heterocycles. The Morgan fingerprint density at radius 3 is 2.17 bits per heavy atom. The molecule has 0 saturated carbocycles. The summed E-state index contributed by atoms with van der Waals surface area (Å²) in [6.45, 7) is 2.28. The number of halogens is 5. The number of sulfonamides is 1. The minimum atomic E-state index is -4.81. The zero-order chi connectivity index (χ0) is 29.7. The smallest absolute Gasteiger partial charge is 0.355 e. The van der Waals surface area contributed by atoms with Crippen LogP contribution in [0.15, 0.2) is 77.7 Å². The van der Waals surface area contributed by atoms with Gasteiger partial charge in [-0.25, -0.2) is 8.42 Å². The second-order valence-electron chi connectivity index (χ2n) is 8.67. The van der Waals surface area contributed by atoms with Gasteiger partial charge in [0.1, 0.15) is 12.6 Å². The fourth-order valence-corrected chi connectivity index (χ4v) is 5.74. The van der Waals surface area contributed by atoms with Crippen molar-refractivity contribution in [2.24, 2.45) is 0 Å². The number of anilines is 1. The van der Waals surface area contributed by atoms with Gasteiger partial charge in [-0.3, -0.25) is 13.9 Å². The third kappa shape index (κ3) is 7.26. The molecule has 3 aromatic rings. The third-order valence-corrected chi connectivity index (χ3v) is 8.43. The van der Waals surface area contributed by atoms with Crippen molar-refractivity contribution in [3.63, 3.8) is 0 Å². The van der Waals surface area contributed by atoms with Gasteiger partial charge in [0, 0.05) is 18.1 Å². The van der Waals surface area contributed by atoms with E-state index in [1.54, 1.807) is 37.3 Å². The zero-order valence-corrected chi connectivity index (χ0v) is 23.8. The van der Waals surface area contributed by atoms with Gasteiger partial charge in [-0.15, -0.1) is 0 Å². The fraction of sp³-hybridized carbons (Fsp3) is 0.259. The first kappa shape index (κ1) is 31.3. The third-order valence-electron chi connectivity index (χ3n) is 5.97. The van der Waals surface area contributed by atoms with Crippen molar-refractivity contribution in [3.8, 4) is 0 Å². The first-order chi connectivity index (χ1) is 18.8. The summed E-state index contributed by atoms with van der Waals surface area (Å²) in [6.07, 6.45) is -4.81. The molecular formula is C27H26Cl2F3N3O4S. The number of rotatable bonds is 10. The molecule has 0 radical (unpaired) electrons. The van der Waals surface area contributed by atoms with Crippen molar-refractivity contribution in [2.45, 2.75) is 37.5 Å². The van der Waals surface area contributed by atoms with E-state index in [1.165, 1.54) is 31.2 Å². The lowest BCUT2D eigenvalue weighted by molar-refractivity contribution is -0.139. The minimum Gasteiger partial charge on any atom is -0.355 e. The van der Waals surface area contributed by atoms with Crippen LogP contribution < -0.4 is 9.62 Å². The van der Waals surface area contributed by atoms with Gasteiger partial charge < -0.3 is 10.2 Å². The van der Waals surface area contributed by atoms with Crippen molar-refractivity contribution >= 4 is 50.7 Å². The largest absolute Gasteiger partial charge is 0.416 e. The summed E-state index contributed by atoms with van der Waals surface area (Å²) >= 11 is 12.5. The van der Waals surface area contributed by atoms with Crippen LogP contribution in [0.3, 0.4) is 0 Å². The van der Waals surface area contributed by atoms with Gasteiger partial charge in [0.05, 0.1) is 21.2 Å². The van der Waals surface area contributed by atoms with Crippen molar-refractivity contribution in [2.75, 3.05) is 17.4 Å². The van der Waals surface area contributed by atoms with Crippen LogP contribution in [0, 0.1) is 0 Å². The van der Waals surface area contributed by atoms with E-state index in [0.717, 1.165) is 11.0 Å². The highest BCUT2D eigenvalue weighted by atomic mass is 35.5. The van der Waals surface area contributed by atoms with Crippen LogP contribution in [0.5, 0.6) is 0 Å². The molecule has 214 valence electrons. The first-order valence-corrected chi connectivity index (χ1v) is 14.2.